The fraction of sp³-hybridized carbons (Fsp3) is 0.571. The second-order valence-electron chi connectivity index (χ2n) is 5.40. The molecule has 1 aliphatic heterocycles. The van der Waals surface area contributed by atoms with Gasteiger partial charge in [0.2, 0.25) is 0 Å². The molecule has 1 N–H and O–H groups in total. The van der Waals surface area contributed by atoms with Crippen molar-refractivity contribution < 1.29 is 13.5 Å². The summed E-state index contributed by atoms with van der Waals surface area (Å²) in [5.74, 6) is -0.789. The average Bonchev–Trinajstić information content (AvgIpc) is 2.63. The van der Waals surface area contributed by atoms with Gasteiger partial charge in [-0.3, -0.25) is 0 Å². The Hall–Kier alpha value is -1.00. The zero-order valence-corrected chi connectivity index (χ0v) is 10.8. The normalized spacial score (nSPS) is 22.3. The maximum absolute atomic E-state index is 13.4. The van der Waals surface area contributed by atoms with E-state index in [1.807, 2.05) is 0 Å². The zero-order chi connectivity index (χ0) is 13.2. The summed E-state index contributed by atoms with van der Waals surface area (Å²) in [4.78, 5) is 0. The Balaban J connectivity index is 1.80. The quantitative estimate of drug-likeness (QED) is 0.893. The predicted octanol–water partition coefficient (Wildman–Crippen LogP) is 3.01. The van der Waals surface area contributed by atoms with Crippen molar-refractivity contribution in [1.82, 2.24) is 5.32 Å². The number of halogens is 2. The largest absolute Gasteiger partial charge is 0.371 e. The Morgan fingerprint density at radius 1 is 1.39 bits per heavy atom. The minimum absolute atomic E-state index is 0.0591. The SMILES string of the molecule is CC1(C)CCC(CNCc2cc(F)ccc2F)O1. The topological polar surface area (TPSA) is 21.3 Å². The number of hydrogen-bond donors (Lipinski definition) is 1. The molecule has 0 saturated carbocycles. The molecule has 0 bridgehead atoms. The smallest absolute Gasteiger partial charge is 0.127 e. The number of nitrogens with one attached hydrogen (secondary N) is 1. The molecule has 0 aliphatic carbocycles. The Morgan fingerprint density at radius 2 is 2.17 bits per heavy atom. The van der Waals surface area contributed by atoms with Gasteiger partial charge in [-0.15, -0.1) is 0 Å². The molecule has 1 heterocycles. The van der Waals surface area contributed by atoms with Gasteiger partial charge in [0.1, 0.15) is 11.6 Å². The lowest BCUT2D eigenvalue weighted by molar-refractivity contribution is -0.0143. The first-order valence-corrected chi connectivity index (χ1v) is 6.29. The third-order valence-electron chi connectivity index (χ3n) is 3.25. The van der Waals surface area contributed by atoms with Crippen LogP contribution in [0.3, 0.4) is 0 Å². The van der Waals surface area contributed by atoms with Crippen molar-refractivity contribution in [3.05, 3.63) is 35.4 Å². The third-order valence-corrected chi connectivity index (χ3v) is 3.25. The van der Waals surface area contributed by atoms with Crippen molar-refractivity contribution in [3.63, 3.8) is 0 Å². The van der Waals surface area contributed by atoms with E-state index < -0.39 is 5.82 Å². The number of benzene rings is 1. The van der Waals surface area contributed by atoms with Gasteiger partial charge in [-0.1, -0.05) is 0 Å². The Bertz CT molecular complexity index is 420. The number of ether oxygens (including phenoxy) is 1. The van der Waals surface area contributed by atoms with Crippen molar-refractivity contribution in [2.24, 2.45) is 0 Å². The van der Waals surface area contributed by atoms with Gasteiger partial charge in [-0.05, 0) is 44.9 Å². The molecule has 1 fully saturated rings. The summed E-state index contributed by atoms with van der Waals surface area (Å²) >= 11 is 0. The second-order valence-corrected chi connectivity index (χ2v) is 5.40. The number of rotatable bonds is 4. The molecule has 1 aliphatic rings. The number of hydrogen-bond acceptors (Lipinski definition) is 2. The van der Waals surface area contributed by atoms with Crippen LogP contribution in [0.1, 0.15) is 32.3 Å². The van der Waals surface area contributed by atoms with E-state index in [1.54, 1.807) is 0 Å². The molecule has 2 rings (SSSR count). The summed E-state index contributed by atoms with van der Waals surface area (Å²) in [7, 11) is 0. The van der Waals surface area contributed by atoms with E-state index in [1.165, 1.54) is 6.07 Å². The molecule has 18 heavy (non-hydrogen) atoms. The maximum Gasteiger partial charge on any atom is 0.127 e. The van der Waals surface area contributed by atoms with Crippen LogP contribution in [-0.2, 0) is 11.3 Å². The van der Waals surface area contributed by atoms with Crippen molar-refractivity contribution in [3.8, 4) is 0 Å². The fourth-order valence-electron chi connectivity index (χ4n) is 2.27. The van der Waals surface area contributed by atoms with E-state index in [9.17, 15) is 8.78 Å². The Labute approximate surface area is 106 Å². The average molecular weight is 255 g/mol. The van der Waals surface area contributed by atoms with Gasteiger partial charge in [0, 0.05) is 18.7 Å². The Morgan fingerprint density at radius 3 is 2.83 bits per heavy atom. The summed E-state index contributed by atoms with van der Waals surface area (Å²) in [5.41, 5.74) is 0.295. The molecular formula is C14H19F2NO. The molecule has 1 aromatic carbocycles. The molecule has 2 nitrogen and oxygen atoms in total. The molecule has 1 aromatic rings. The first-order chi connectivity index (χ1) is 8.46. The molecule has 0 spiro atoms. The summed E-state index contributed by atoms with van der Waals surface area (Å²) in [6.45, 7) is 5.13. The standard InChI is InChI=1S/C14H19F2NO/c1-14(2)6-5-12(18-14)9-17-8-10-7-11(15)3-4-13(10)16/h3-4,7,12,17H,5-6,8-9H2,1-2H3. The van der Waals surface area contributed by atoms with E-state index in [2.05, 4.69) is 19.2 Å². The van der Waals surface area contributed by atoms with Crippen LogP contribution in [0, 0.1) is 11.6 Å². The summed E-state index contributed by atoms with van der Waals surface area (Å²) in [5, 5.41) is 3.12. The maximum atomic E-state index is 13.4. The van der Waals surface area contributed by atoms with E-state index in [-0.39, 0.29) is 17.5 Å². The van der Waals surface area contributed by atoms with Crippen molar-refractivity contribution in [2.75, 3.05) is 6.54 Å². The van der Waals surface area contributed by atoms with E-state index in [4.69, 9.17) is 4.74 Å². The van der Waals surface area contributed by atoms with Crippen LogP contribution in [0.15, 0.2) is 18.2 Å². The van der Waals surface area contributed by atoms with Gasteiger partial charge in [0.05, 0.1) is 11.7 Å². The van der Waals surface area contributed by atoms with Gasteiger partial charge in [-0.25, -0.2) is 8.78 Å². The molecule has 0 amide bonds. The fourth-order valence-corrected chi connectivity index (χ4v) is 2.27. The van der Waals surface area contributed by atoms with E-state index in [0.717, 1.165) is 25.0 Å². The van der Waals surface area contributed by atoms with Crippen LogP contribution in [0.4, 0.5) is 8.78 Å². The molecule has 4 heteroatoms. The van der Waals surface area contributed by atoms with E-state index in [0.29, 0.717) is 18.7 Å². The molecule has 1 atom stereocenters. The minimum atomic E-state index is -0.411. The van der Waals surface area contributed by atoms with Gasteiger partial charge >= 0.3 is 0 Å². The monoisotopic (exact) mass is 255 g/mol. The first-order valence-electron chi connectivity index (χ1n) is 6.29. The highest BCUT2D eigenvalue weighted by molar-refractivity contribution is 5.18. The van der Waals surface area contributed by atoms with Crippen LogP contribution in [-0.4, -0.2) is 18.2 Å². The summed E-state index contributed by atoms with van der Waals surface area (Å²) in [6.07, 6.45) is 2.20. The van der Waals surface area contributed by atoms with E-state index >= 15 is 0 Å². The van der Waals surface area contributed by atoms with Gasteiger partial charge in [-0.2, -0.15) is 0 Å². The Kier molecular flexibility index (Phi) is 3.97. The zero-order valence-electron chi connectivity index (χ0n) is 10.8. The lowest BCUT2D eigenvalue weighted by Gasteiger charge is -2.19. The van der Waals surface area contributed by atoms with Crippen LogP contribution < -0.4 is 5.32 Å². The van der Waals surface area contributed by atoms with Gasteiger partial charge < -0.3 is 10.1 Å². The lowest BCUT2D eigenvalue weighted by Crippen LogP contribution is -2.29. The van der Waals surface area contributed by atoms with Crippen LogP contribution in [0.5, 0.6) is 0 Å². The van der Waals surface area contributed by atoms with Crippen LogP contribution in [0.25, 0.3) is 0 Å². The summed E-state index contributed by atoms with van der Waals surface area (Å²) in [6, 6.07) is 3.50. The van der Waals surface area contributed by atoms with Crippen LogP contribution >= 0.6 is 0 Å². The highest BCUT2D eigenvalue weighted by Crippen LogP contribution is 2.28. The molecule has 1 unspecified atom stereocenters. The molecule has 1 saturated heterocycles. The van der Waals surface area contributed by atoms with Crippen LogP contribution in [0.2, 0.25) is 0 Å². The van der Waals surface area contributed by atoms with Crippen molar-refractivity contribution in [2.45, 2.75) is 44.9 Å². The van der Waals surface area contributed by atoms with Crippen molar-refractivity contribution >= 4 is 0 Å². The minimum Gasteiger partial charge on any atom is -0.371 e. The molecule has 100 valence electrons. The summed E-state index contributed by atoms with van der Waals surface area (Å²) < 4.78 is 32.1. The highest BCUT2D eigenvalue weighted by atomic mass is 19.1. The first kappa shape index (κ1) is 13.4. The second kappa shape index (κ2) is 5.33. The highest BCUT2D eigenvalue weighted by Gasteiger charge is 2.31. The van der Waals surface area contributed by atoms with Gasteiger partial charge in [0.25, 0.3) is 0 Å². The predicted molar refractivity (Wildman–Crippen MR) is 66.3 cm³/mol. The molecule has 0 aromatic heterocycles. The third kappa shape index (κ3) is 3.50. The lowest BCUT2D eigenvalue weighted by atomic mass is 10.1. The molecule has 0 radical (unpaired) electrons. The molecular weight excluding hydrogens is 236 g/mol. The van der Waals surface area contributed by atoms with Crippen molar-refractivity contribution in [1.29, 1.82) is 0 Å². The van der Waals surface area contributed by atoms with Gasteiger partial charge in [0.15, 0.2) is 0 Å².